The molecule has 0 aliphatic carbocycles. The zero-order chi connectivity index (χ0) is 27.9. The second kappa shape index (κ2) is 12.4. The topological polar surface area (TPSA) is 122 Å². The Kier molecular flexibility index (Phi) is 8.72. The van der Waals surface area contributed by atoms with Gasteiger partial charge >= 0.3 is 18.0 Å². The number of amides is 4. The number of benzene rings is 2. The maximum Gasteiger partial charge on any atom is 0.331 e. The van der Waals surface area contributed by atoms with Crippen molar-refractivity contribution in [1.29, 1.82) is 0 Å². The second-order valence-corrected chi connectivity index (χ2v) is 9.15. The van der Waals surface area contributed by atoms with Gasteiger partial charge in [0.25, 0.3) is 0 Å². The number of carbonyl (C=O) groups is 3. The van der Waals surface area contributed by atoms with Crippen LogP contribution in [0.3, 0.4) is 0 Å². The van der Waals surface area contributed by atoms with Crippen molar-refractivity contribution >= 4 is 35.3 Å². The molecule has 0 spiro atoms. The minimum atomic E-state index is -0.878. The van der Waals surface area contributed by atoms with Crippen molar-refractivity contribution in [1.82, 2.24) is 20.1 Å². The number of hydrogen-bond acceptors (Lipinski definition) is 8. The number of nitrogens with one attached hydrogen (secondary N) is 2. The minimum Gasteiger partial charge on any atom is -0.481 e. The van der Waals surface area contributed by atoms with E-state index >= 15 is 0 Å². The fourth-order valence-electron chi connectivity index (χ4n) is 3.86. The lowest BCUT2D eigenvalue weighted by molar-refractivity contribution is -0.145. The van der Waals surface area contributed by atoms with Crippen molar-refractivity contribution in [3.8, 4) is 17.5 Å². The van der Waals surface area contributed by atoms with Gasteiger partial charge in [-0.05, 0) is 42.0 Å². The maximum atomic E-state index is 13.5. The summed E-state index contributed by atoms with van der Waals surface area (Å²) < 4.78 is 15.6. The first-order valence-corrected chi connectivity index (χ1v) is 12.4. The van der Waals surface area contributed by atoms with Gasteiger partial charge in [-0.15, -0.1) is 0 Å². The molecule has 1 aliphatic rings. The molecule has 39 heavy (non-hydrogen) atoms. The third-order valence-electron chi connectivity index (χ3n) is 5.91. The minimum absolute atomic E-state index is 0.133. The Balaban J connectivity index is 1.52. The Hall–Kier alpha value is -4.51. The number of halogens is 1. The predicted molar refractivity (Wildman–Crippen MR) is 144 cm³/mol. The number of nitrogens with zero attached hydrogens (tertiary/aromatic N) is 3. The van der Waals surface area contributed by atoms with Gasteiger partial charge in [0.15, 0.2) is 6.29 Å². The first-order valence-electron chi connectivity index (χ1n) is 12.0. The Labute approximate surface area is 230 Å². The maximum absolute atomic E-state index is 13.5. The number of methoxy groups -OCH3 is 2. The number of aromatic nitrogens is 1. The SMILES string of the molecule is COC(=O)[C@@H](C)CN1C(=O)NC(Nc2ccc(Oc3cccc(OC)n3)cc2)N(Cc2ccc(Cl)cc2)C1=O. The highest BCUT2D eigenvalue weighted by molar-refractivity contribution is 6.30. The monoisotopic (exact) mass is 553 g/mol. The smallest absolute Gasteiger partial charge is 0.331 e. The van der Waals surface area contributed by atoms with Gasteiger partial charge in [-0.1, -0.05) is 36.7 Å². The lowest BCUT2D eigenvalue weighted by atomic mass is 10.1. The van der Waals surface area contributed by atoms with Crippen molar-refractivity contribution in [2.24, 2.45) is 5.92 Å². The van der Waals surface area contributed by atoms with E-state index < -0.39 is 30.2 Å². The molecule has 12 heteroatoms. The standard InChI is InChI=1S/C27H28ClN5O6/c1-17(24(34)38-3)15-33-26(35)31-25(32(27(33)36)16-18-7-9-19(28)10-8-18)29-20-11-13-21(14-12-20)39-23-6-4-5-22(30-23)37-2/h4-14,17,25,29H,15-16H2,1-3H3,(H,31,35)/t17-,25?/m0/s1. The zero-order valence-electron chi connectivity index (χ0n) is 21.6. The molecule has 1 aromatic heterocycles. The van der Waals surface area contributed by atoms with E-state index in [1.165, 1.54) is 19.1 Å². The molecule has 3 aromatic rings. The van der Waals surface area contributed by atoms with E-state index in [1.807, 2.05) is 0 Å². The highest BCUT2D eigenvalue weighted by atomic mass is 35.5. The summed E-state index contributed by atoms with van der Waals surface area (Å²) in [6.45, 7) is 1.62. The van der Waals surface area contributed by atoms with Crippen LogP contribution < -0.4 is 20.1 Å². The summed E-state index contributed by atoms with van der Waals surface area (Å²) in [4.78, 5) is 45.0. The molecule has 1 unspecified atom stereocenters. The van der Waals surface area contributed by atoms with Gasteiger partial charge in [-0.2, -0.15) is 4.98 Å². The molecule has 2 aromatic carbocycles. The molecule has 2 heterocycles. The number of pyridine rings is 1. The normalized spacial score (nSPS) is 15.8. The van der Waals surface area contributed by atoms with E-state index in [1.54, 1.807) is 73.7 Å². The molecular weight excluding hydrogens is 526 g/mol. The molecule has 2 atom stereocenters. The van der Waals surface area contributed by atoms with Crippen molar-refractivity contribution < 1.29 is 28.6 Å². The van der Waals surface area contributed by atoms with Gasteiger partial charge in [0.1, 0.15) is 5.75 Å². The van der Waals surface area contributed by atoms with Gasteiger partial charge in [-0.3, -0.25) is 15.0 Å². The van der Waals surface area contributed by atoms with E-state index in [4.69, 9.17) is 25.8 Å². The number of ether oxygens (including phenoxy) is 3. The van der Waals surface area contributed by atoms with Gasteiger partial charge in [0, 0.05) is 29.4 Å². The average molecular weight is 554 g/mol. The highest BCUT2D eigenvalue weighted by Gasteiger charge is 2.39. The number of rotatable bonds is 10. The Morgan fingerprint density at radius 2 is 1.74 bits per heavy atom. The molecule has 0 radical (unpaired) electrons. The van der Waals surface area contributed by atoms with E-state index in [0.717, 1.165) is 10.5 Å². The van der Waals surface area contributed by atoms with Crippen LogP contribution >= 0.6 is 11.6 Å². The van der Waals surface area contributed by atoms with Crippen LogP contribution in [0.4, 0.5) is 15.3 Å². The van der Waals surface area contributed by atoms with Crippen LogP contribution in [0.1, 0.15) is 12.5 Å². The quantitative estimate of drug-likeness (QED) is 0.347. The van der Waals surface area contributed by atoms with Crippen LogP contribution in [0.25, 0.3) is 0 Å². The Morgan fingerprint density at radius 3 is 2.41 bits per heavy atom. The number of urea groups is 2. The summed E-state index contributed by atoms with van der Waals surface area (Å²) in [5.41, 5.74) is 1.42. The lowest BCUT2D eigenvalue weighted by Crippen LogP contribution is -2.67. The Bertz CT molecular complexity index is 1320. The molecule has 4 rings (SSSR count). The molecule has 1 saturated heterocycles. The molecule has 2 N–H and O–H groups in total. The van der Waals surface area contributed by atoms with Crippen molar-refractivity contribution in [2.75, 3.05) is 26.1 Å². The van der Waals surface area contributed by atoms with E-state index in [-0.39, 0.29) is 13.1 Å². The summed E-state index contributed by atoms with van der Waals surface area (Å²) in [6, 6.07) is 18.0. The Morgan fingerprint density at radius 1 is 1.05 bits per heavy atom. The van der Waals surface area contributed by atoms with E-state index in [9.17, 15) is 14.4 Å². The number of imide groups is 1. The van der Waals surface area contributed by atoms with Crippen LogP contribution in [-0.2, 0) is 16.1 Å². The van der Waals surface area contributed by atoms with E-state index in [2.05, 4.69) is 15.6 Å². The largest absolute Gasteiger partial charge is 0.481 e. The van der Waals surface area contributed by atoms with Gasteiger partial charge in [0.2, 0.25) is 11.8 Å². The fraction of sp³-hybridized carbons (Fsp3) is 0.259. The first-order chi connectivity index (χ1) is 18.8. The number of esters is 1. The molecule has 11 nitrogen and oxygen atoms in total. The molecule has 0 saturated carbocycles. The van der Waals surface area contributed by atoms with Crippen LogP contribution in [0.15, 0.2) is 66.7 Å². The number of anilines is 1. The van der Waals surface area contributed by atoms with Crippen LogP contribution in [-0.4, -0.2) is 59.9 Å². The molecule has 204 valence electrons. The van der Waals surface area contributed by atoms with Crippen molar-refractivity contribution in [2.45, 2.75) is 19.8 Å². The summed E-state index contributed by atoms with van der Waals surface area (Å²) in [5.74, 6) is 0.116. The second-order valence-electron chi connectivity index (χ2n) is 8.71. The van der Waals surface area contributed by atoms with Crippen LogP contribution in [0.5, 0.6) is 17.5 Å². The van der Waals surface area contributed by atoms with Gasteiger partial charge in [0.05, 0.1) is 26.7 Å². The van der Waals surface area contributed by atoms with Crippen molar-refractivity contribution in [3.05, 3.63) is 77.3 Å². The summed E-state index contributed by atoms with van der Waals surface area (Å²) in [6.07, 6.45) is -0.878. The number of hydrogen-bond donors (Lipinski definition) is 2. The highest BCUT2D eigenvalue weighted by Crippen LogP contribution is 2.25. The zero-order valence-corrected chi connectivity index (χ0v) is 22.3. The molecule has 1 fully saturated rings. The van der Waals surface area contributed by atoms with Crippen molar-refractivity contribution in [3.63, 3.8) is 0 Å². The van der Waals surface area contributed by atoms with Crippen LogP contribution in [0, 0.1) is 5.92 Å². The summed E-state index contributed by atoms with van der Waals surface area (Å²) >= 11 is 6.02. The van der Waals surface area contributed by atoms with Gasteiger partial charge in [-0.25, -0.2) is 14.5 Å². The first kappa shape index (κ1) is 27.5. The number of carbonyl (C=O) groups excluding carboxylic acids is 3. The summed E-state index contributed by atoms with van der Waals surface area (Å²) in [5, 5.41) is 6.54. The molecule has 1 aliphatic heterocycles. The van der Waals surface area contributed by atoms with E-state index in [0.29, 0.717) is 28.2 Å². The van der Waals surface area contributed by atoms with Crippen LogP contribution in [0.2, 0.25) is 5.02 Å². The molecular formula is C27H28ClN5O6. The predicted octanol–water partition coefficient (Wildman–Crippen LogP) is 4.69. The fourth-order valence-corrected chi connectivity index (χ4v) is 3.99. The average Bonchev–Trinajstić information content (AvgIpc) is 2.94. The third-order valence-corrected chi connectivity index (χ3v) is 6.16. The molecule has 4 amide bonds. The molecule has 0 bridgehead atoms. The summed E-state index contributed by atoms with van der Waals surface area (Å²) in [7, 11) is 2.78. The third kappa shape index (κ3) is 6.88. The van der Waals surface area contributed by atoms with Gasteiger partial charge < -0.3 is 19.5 Å². The lowest BCUT2D eigenvalue weighted by Gasteiger charge is -2.41.